The fourth-order valence-electron chi connectivity index (χ4n) is 2.35. The van der Waals surface area contributed by atoms with Gasteiger partial charge in [0.15, 0.2) is 0 Å². The van der Waals surface area contributed by atoms with Gasteiger partial charge in [0.2, 0.25) is 10.0 Å². The number of thiophene rings is 1. The van der Waals surface area contributed by atoms with Crippen molar-refractivity contribution in [1.82, 2.24) is 4.72 Å². The number of aryl methyl sites for hydroxylation is 1. The van der Waals surface area contributed by atoms with Crippen LogP contribution < -0.4 is 4.72 Å². The Morgan fingerprint density at radius 2 is 1.95 bits per heavy atom. The molecule has 2 N–H and O–H groups in total. The molecule has 0 fully saturated rings. The highest BCUT2D eigenvalue weighted by atomic mass is 32.2. The molecule has 0 bridgehead atoms. The van der Waals surface area contributed by atoms with E-state index in [0.717, 1.165) is 12.8 Å². The summed E-state index contributed by atoms with van der Waals surface area (Å²) in [5, 5.41) is 11.0. The molecule has 0 aromatic carbocycles. The predicted octanol–water partition coefficient (Wildman–Crippen LogP) is 2.65. The van der Waals surface area contributed by atoms with E-state index in [0.29, 0.717) is 16.4 Å². The van der Waals surface area contributed by atoms with Gasteiger partial charge in [0.25, 0.3) is 0 Å². The van der Waals surface area contributed by atoms with Crippen LogP contribution in [0.2, 0.25) is 0 Å². The Morgan fingerprint density at radius 3 is 2.42 bits per heavy atom. The fourth-order valence-corrected chi connectivity index (χ4v) is 5.33. The molecule has 1 aromatic heterocycles. The van der Waals surface area contributed by atoms with Crippen molar-refractivity contribution in [3.8, 4) is 0 Å². The minimum Gasteiger partial charge on any atom is -0.391 e. The summed E-state index contributed by atoms with van der Waals surface area (Å²) in [6.07, 6.45) is 1.88. The molecule has 1 heterocycles. The molecule has 0 radical (unpaired) electrons. The summed E-state index contributed by atoms with van der Waals surface area (Å²) in [6.45, 7) is 7.54. The molecule has 0 aliphatic carbocycles. The SMILES string of the molecule is CCC(CC)C(C)NS(=O)(=O)c1c(C)csc1CO. The van der Waals surface area contributed by atoms with Crippen LogP contribution in [-0.2, 0) is 16.6 Å². The average Bonchev–Trinajstić information content (AvgIpc) is 2.72. The highest BCUT2D eigenvalue weighted by Gasteiger charge is 2.26. The monoisotopic (exact) mass is 305 g/mol. The second kappa shape index (κ2) is 6.83. The Labute approximate surface area is 119 Å². The maximum absolute atomic E-state index is 12.4. The number of hydrogen-bond acceptors (Lipinski definition) is 4. The third-order valence-corrected chi connectivity index (χ3v) is 6.50. The zero-order valence-corrected chi connectivity index (χ0v) is 13.6. The van der Waals surface area contributed by atoms with Crippen molar-refractivity contribution in [3.63, 3.8) is 0 Å². The van der Waals surface area contributed by atoms with Crippen LogP contribution in [0.5, 0.6) is 0 Å². The molecule has 1 rings (SSSR count). The standard InChI is InChI=1S/C13H23NO3S2/c1-5-11(6-2)10(4)14-19(16,17)13-9(3)8-18-12(13)7-15/h8,10-11,14-15H,5-7H2,1-4H3. The number of hydrogen-bond donors (Lipinski definition) is 2. The smallest absolute Gasteiger partial charge is 0.242 e. The molecule has 1 atom stereocenters. The zero-order valence-electron chi connectivity index (χ0n) is 11.9. The van der Waals surface area contributed by atoms with E-state index in [2.05, 4.69) is 18.6 Å². The molecule has 19 heavy (non-hydrogen) atoms. The summed E-state index contributed by atoms with van der Waals surface area (Å²) in [7, 11) is -3.55. The van der Waals surface area contributed by atoms with Gasteiger partial charge in [0.05, 0.1) is 11.5 Å². The summed E-state index contributed by atoms with van der Waals surface area (Å²) in [6, 6.07) is -0.106. The van der Waals surface area contributed by atoms with Gasteiger partial charge in [-0.2, -0.15) is 0 Å². The van der Waals surface area contributed by atoms with E-state index in [1.54, 1.807) is 12.3 Å². The lowest BCUT2D eigenvalue weighted by Crippen LogP contribution is -2.38. The van der Waals surface area contributed by atoms with Gasteiger partial charge in [0, 0.05) is 6.04 Å². The van der Waals surface area contributed by atoms with Gasteiger partial charge in [-0.1, -0.05) is 26.7 Å². The Kier molecular flexibility index (Phi) is 5.98. The molecule has 0 spiro atoms. The molecular weight excluding hydrogens is 282 g/mol. The van der Waals surface area contributed by atoms with Crippen LogP contribution in [-0.4, -0.2) is 19.6 Å². The number of aliphatic hydroxyl groups is 1. The van der Waals surface area contributed by atoms with Crippen molar-refractivity contribution >= 4 is 21.4 Å². The average molecular weight is 305 g/mol. The van der Waals surface area contributed by atoms with Gasteiger partial charge in [-0.15, -0.1) is 11.3 Å². The van der Waals surface area contributed by atoms with E-state index in [-0.39, 0.29) is 17.5 Å². The zero-order chi connectivity index (χ0) is 14.6. The lowest BCUT2D eigenvalue weighted by molar-refractivity contribution is 0.282. The van der Waals surface area contributed by atoms with Crippen LogP contribution in [0.4, 0.5) is 0 Å². The van der Waals surface area contributed by atoms with Crippen molar-refractivity contribution in [1.29, 1.82) is 0 Å². The molecule has 0 aliphatic heterocycles. The summed E-state index contributed by atoms with van der Waals surface area (Å²) >= 11 is 1.28. The van der Waals surface area contributed by atoms with Gasteiger partial charge >= 0.3 is 0 Å². The minimum atomic E-state index is -3.55. The van der Waals surface area contributed by atoms with E-state index in [9.17, 15) is 13.5 Å². The summed E-state index contributed by atoms with van der Waals surface area (Å²) in [4.78, 5) is 0.750. The van der Waals surface area contributed by atoms with E-state index >= 15 is 0 Å². The normalized spacial score (nSPS) is 14.0. The largest absolute Gasteiger partial charge is 0.391 e. The van der Waals surface area contributed by atoms with Crippen LogP contribution in [0, 0.1) is 12.8 Å². The summed E-state index contributed by atoms with van der Waals surface area (Å²) in [5.74, 6) is 0.325. The topological polar surface area (TPSA) is 66.4 Å². The third kappa shape index (κ3) is 3.78. The van der Waals surface area contributed by atoms with Crippen LogP contribution in [0.15, 0.2) is 10.3 Å². The molecule has 0 aliphatic rings. The molecule has 6 heteroatoms. The van der Waals surface area contributed by atoms with Crippen molar-refractivity contribution in [2.45, 2.75) is 58.1 Å². The maximum Gasteiger partial charge on any atom is 0.242 e. The summed E-state index contributed by atoms with van der Waals surface area (Å²) < 4.78 is 27.6. The Morgan fingerprint density at radius 1 is 1.37 bits per heavy atom. The highest BCUT2D eigenvalue weighted by Crippen LogP contribution is 2.27. The minimum absolute atomic E-state index is 0.106. The fraction of sp³-hybridized carbons (Fsp3) is 0.692. The van der Waals surface area contributed by atoms with Crippen molar-refractivity contribution in [3.05, 3.63) is 15.8 Å². The first-order valence-corrected chi connectivity index (χ1v) is 8.93. The third-order valence-electron chi connectivity index (χ3n) is 3.50. The van der Waals surface area contributed by atoms with Gasteiger partial charge in [0.1, 0.15) is 4.90 Å². The number of rotatable bonds is 7. The van der Waals surface area contributed by atoms with Crippen LogP contribution in [0.25, 0.3) is 0 Å². The van der Waals surface area contributed by atoms with Crippen molar-refractivity contribution in [2.24, 2.45) is 5.92 Å². The predicted molar refractivity (Wildman–Crippen MR) is 78.8 cm³/mol. The quantitative estimate of drug-likeness (QED) is 0.814. The van der Waals surface area contributed by atoms with Crippen molar-refractivity contribution < 1.29 is 13.5 Å². The van der Waals surface area contributed by atoms with Crippen molar-refractivity contribution in [2.75, 3.05) is 0 Å². The number of aliphatic hydroxyl groups excluding tert-OH is 1. The summed E-state index contributed by atoms with van der Waals surface area (Å²) in [5.41, 5.74) is 0.693. The second-order valence-electron chi connectivity index (χ2n) is 4.82. The lowest BCUT2D eigenvalue weighted by Gasteiger charge is -2.22. The van der Waals surface area contributed by atoms with E-state index in [1.807, 2.05) is 6.92 Å². The molecule has 0 saturated heterocycles. The first kappa shape index (κ1) is 16.6. The van der Waals surface area contributed by atoms with E-state index < -0.39 is 10.0 Å². The molecular formula is C13H23NO3S2. The highest BCUT2D eigenvalue weighted by molar-refractivity contribution is 7.89. The number of nitrogens with one attached hydrogen (secondary N) is 1. The molecule has 0 saturated carbocycles. The Hall–Kier alpha value is -0.430. The second-order valence-corrected chi connectivity index (χ2v) is 7.43. The van der Waals surface area contributed by atoms with Crippen LogP contribution >= 0.6 is 11.3 Å². The molecule has 1 unspecified atom stereocenters. The first-order valence-electron chi connectivity index (χ1n) is 6.57. The molecule has 0 amide bonds. The van der Waals surface area contributed by atoms with Gasteiger partial charge < -0.3 is 5.11 Å². The van der Waals surface area contributed by atoms with Gasteiger partial charge in [-0.25, -0.2) is 13.1 Å². The Balaban J connectivity index is 3.01. The van der Waals surface area contributed by atoms with E-state index in [4.69, 9.17) is 0 Å². The van der Waals surface area contributed by atoms with Crippen LogP contribution in [0.3, 0.4) is 0 Å². The van der Waals surface area contributed by atoms with Gasteiger partial charge in [-0.05, 0) is 30.7 Å². The molecule has 4 nitrogen and oxygen atoms in total. The number of sulfonamides is 1. The van der Waals surface area contributed by atoms with E-state index in [1.165, 1.54) is 11.3 Å². The Bertz CT molecular complexity index is 504. The first-order chi connectivity index (χ1) is 8.87. The molecule has 110 valence electrons. The van der Waals surface area contributed by atoms with Crippen LogP contribution in [0.1, 0.15) is 44.1 Å². The molecule has 1 aromatic rings. The lowest BCUT2D eigenvalue weighted by atomic mass is 9.96. The van der Waals surface area contributed by atoms with Gasteiger partial charge in [-0.3, -0.25) is 0 Å². The maximum atomic E-state index is 12.4.